The molecular weight excluding hydrogens is 449 g/mol. The molecule has 3 aromatic carbocycles. The molecule has 4 rings (SSSR count). The molecule has 0 aliphatic heterocycles. The SMILES string of the molecule is CC(NC(=O)c1ccccc1OCC(=O)Nc1ccccc1F)c1ccc(NC(=O)C2CC2)cc1. The van der Waals surface area contributed by atoms with Gasteiger partial charge in [-0.15, -0.1) is 0 Å². The maximum absolute atomic E-state index is 13.7. The molecule has 1 aliphatic carbocycles. The van der Waals surface area contributed by atoms with E-state index < -0.39 is 11.7 Å². The summed E-state index contributed by atoms with van der Waals surface area (Å²) in [6, 6.07) is 19.4. The van der Waals surface area contributed by atoms with Crippen LogP contribution in [0, 0.1) is 11.7 Å². The van der Waals surface area contributed by atoms with Crippen LogP contribution in [0.2, 0.25) is 0 Å². The number of nitrogens with one attached hydrogen (secondary N) is 3. The standard InChI is InChI=1S/C27H26FN3O4/c1-17(18-12-14-20(15-13-18)30-26(33)19-10-11-19)29-27(34)21-6-2-5-9-24(21)35-16-25(32)31-23-8-4-3-7-22(23)28/h2-9,12-15,17,19H,10-11,16H2,1H3,(H,29,34)(H,30,33)(H,31,32). The topological polar surface area (TPSA) is 96.5 Å². The van der Waals surface area contributed by atoms with E-state index >= 15 is 0 Å². The number of hydrogen-bond acceptors (Lipinski definition) is 4. The van der Waals surface area contributed by atoms with Crippen LogP contribution in [0.4, 0.5) is 15.8 Å². The van der Waals surface area contributed by atoms with Gasteiger partial charge in [-0.25, -0.2) is 4.39 Å². The predicted octanol–water partition coefficient (Wildman–Crippen LogP) is 4.68. The molecule has 1 saturated carbocycles. The van der Waals surface area contributed by atoms with Gasteiger partial charge in [-0.05, 0) is 61.7 Å². The Kier molecular flexibility index (Phi) is 7.40. The van der Waals surface area contributed by atoms with E-state index in [4.69, 9.17) is 4.74 Å². The lowest BCUT2D eigenvalue weighted by molar-refractivity contribution is -0.118. The Morgan fingerprint density at radius 1 is 0.943 bits per heavy atom. The highest BCUT2D eigenvalue weighted by Gasteiger charge is 2.29. The van der Waals surface area contributed by atoms with Crippen LogP contribution in [0.25, 0.3) is 0 Å². The van der Waals surface area contributed by atoms with Crippen LogP contribution in [0.3, 0.4) is 0 Å². The van der Waals surface area contributed by atoms with Crippen molar-refractivity contribution >= 4 is 29.1 Å². The number of para-hydroxylation sites is 2. The van der Waals surface area contributed by atoms with E-state index in [9.17, 15) is 18.8 Å². The van der Waals surface area contributed by atoms with Crippen molar-refractivity contribution in [1.82, 2.24) is 5.32 Å². The van der Waals surface area contributed by atoms with Gasteiger partial charge in [0.2, 0.25) is 5.91 Å². The minimum Gasteiger partial charge on any atom is -0.483 e. The first-order valence-corrected chi connectivity index (χ1v) is 11.4. The van der Waals surface area contributed by atoms with Crippen molar-refractivity contribution in [3.8, 4) is 5.75 Å². The molecule has 0 radical (unpaired) electrons. The second-order valence-corrected chi connectivity index (χ2v) is 8.39. The molecule has 0 aromatic heterocycles. The number of benzene rings is 3. The lowest BCUT2D eigenvalue weighted by Crippen LogP contribution is -2.28. The second-order valence-electron chi connectivity index (χ2n) is 8.39. The molecule has 8 heteroatoms. The molecule has 0 spiro atoms. The number of anilines is 2. The van der Waals surface area contributed by atoms with E-state index in [0.717, 1.165) is 24.1 Å². The zero-order chi connectivity index (χ0) is 24.8. The van der Waals surface area contributed by atoms with Crippen LogP contribution in [-0.4, -0.2) is 24.3 Å². The minimum absolute atomic E-state index is 0.0401. The largest absolute Gasteiger partial charge is 0.483 e. The monoisotopic (exact) mass is 475 g/mol. The fraction of sp³-hybridized carbons (Fsp3) is 0.222. The Balaban J connectivity index is 1.34. The lowest BCUT2D eigenvalue weighted by Gasteiger charge is -2.17. The molecule has 0 bridgehead atoms. The zero-order valence-electron chi connectivity index (χ0n) is 19.2. The molecule has 1 unspecified atom stereocenters. The van der Waals surface area contributed by atoms with Gasteiger partial charge in [0.1, 0.15) is 11.6 Å². The molecule has 0 saturated heterocycles. The van der Waals surface area contributed by atoms with Gasteiger partial charge in [0.15, 0.2) is 6.61 Å². The van der Waals surface area contributed by atoms with Crippen LogP contribution < -0.4 is 20.7 Å². The molecular formula is C27H26FN3O4. The van der Waals surface area contributed by atoms with Gasteiger partial charge in [0, 0.05) is 11.6 Å². The molecule has 0 heterocycles. The summed E-state index contributed by atoms with van der Waals surface area (Å²) in [7, 11) is 0. The predicted molar refractivity (Wildman–Crippen MR) is 131 cm³/mol. The summed E-state index contributed by atoms with van der Waals surface area (Å²) in [5, 5.41) is 8.25. The van der Waals surface area contributed by atoms with Crippen molar-refractivity contribution in [2.24, 2.45) is 5.92 Å². The molecule has 3 amide bonds. The first kappa shape index (κ1) is 23.9. The van der Waals surface area contributed by atoms with Crippen molar-refractivity contribution in [2.75, 3.05) is 17.2 Å². The van der Waals surface area contributed by atoms with Crippen molar-refractivity contribution in [3.05, 3.63) is 89.7 Å². The van der Waals surface area contributed by atoms with Crippen molar-refractivity contribution in [3.63, 3.8) is 0 Å². The fourth-order valence-electron chi connectivity index (χ4n) is 3.47. The number of halogens is 1. The second kappa shape index (κ2) is 10.8. The van der Waals surface area contributed by atoms with Crippen LogP contribution >= 0.6 is 0 Å². The smallest absolute Gasteiger partial charge is 0.262 e. The Morgan fingerprint density at radius 3 is 2.34 bits per heavy atom. The van der Waals surface area contributed by atoms with E-state index in [2.05, 4.69) is 16.0 Å². The summed E-state index contributed by atoms with van der Waals surface area (Å²) < 4.78 is 19.3. The first-order chi connectivity index (χ1) is 16.9. The summed E-state index contributed by atoms with van der Waals surface area (Å²) in [5.74, 6) is -1.06. The number of carbonyl (C=O) groups is 3. The van der Waals surface area contributed by atoms with Crippen molar-refractivity contribution in [2.45, 2.75) is 25.8 Å². The van der Waals surface area contributed by atoms with Gasteiger partial charge >= 0.3 is 0 Å². The van der Waals surface area contributed by atoms with Crippen LogP contribution in [0.1, 0.15) is 41.7 Å². The molecule has 3 aromatic rings. The van der Waals surface area contributed by atoms with Crippen LogP contribution in [-0.2, 0) is 9.59 Å². The Bertz CT molecular complexity index is 1230. The normalized spacial score (nSPS) is 13.4. The number of hydrogen-bond donors (Lipinski definition) is 3. The van der Waals surface area contributed by atoms with Gasteiger partial charge in [0.25, 0.3) is 11.8 Å². The summed E-state index contributed by atoms with van der Waals surface area (Å²) in [6.45, 7) is 1.46. The first-order valence-electron chi connectivity index (χ1n) is 11.4. The van der Waals surface area contributed by atoms with E-state index in [-0.39, 0.29) is 47.4 Å². The third-order valence-corrected chi connectivity index (χ3v) is 5.61. The molecule has 35 heavy (non-hydrogen) atoms. The summed E-state index contributed by atoms with van der Waals surface area (Å²) in [6.07, 6.45) is 1.88. The summed E-state index contributed by atoms with van der Waals surface area (Å²) in [5.41, 5.74) is 1.91. The van der Waals surface area contributed by atoms with E-state index in [0.29, 0.717) is 0 Å². The quantitative estimate of drug-likeness (QED) is 0.419. The molecule has 1 aliphatic rings. The summed E-state index contributed by atoms with van der Waals surface area (Å²) >= 11 is 0. The maximum Gasteiger partial charge on any atom is 0.262 e. The van der Waals surface area contributed by atoms with E-state index in [1.165, 1.54) is 18.2 Å². The third kappa shape index (κ3) is 6.44. The number of rotatable bonds is 9. The summed E-state index contributed by atoms with van der Waals surface area (Å²) in [4.78, 5) is 37.0. The van der Waals surface area contributed by atoms with Gasteiger partial charge in [-0.2, -0.15) is 0 Å². The fourth-order valence-corrected chi connectivity index (χ4v) is 3.47. The average Bonchev–Trinajstić information content (AvgIpc) is 3.70. The zero-order valence-corrected chi connectivity index (χ0v) is 19.2. The Morgan fingerprint density at radius 2 is 1.63 bits per heavy atom. The number of carbonyl (C=O) groups excluding carboxylic acids is 3. The maximum atomic E-state index is 13.7. The number of amides is 3. The molecule has 1 atom stereocenters. The van der Waals surface area contributed by atoms with Crippen LogP contribution in [0.5, 0.6) is 5.75 Å². The molecule has 3 N–H and O–H groups in total. The van der Waals surface area contributed by atoms with E-state index in [1.54, 1.807) is 30.3 Å². The highest BCUT2D eigenvalue weighted by molar-refractivity contribution is 5.97. The minimum atomic E-state index is -0.549. The van der Waals surface area contributed by atoms with Crippen LogP contribution in [0.15, 0.2) is 72.8 Å². The van der Waals surface area contributed by atoms with Crippen molar-refractivity contribution < 1.29 is 23.5 Å². The molecule has 180 valence electrons. The van der Waals surface area contributed by atoms with E-state index in [1.807, 2.05) is 31.2 Å². The molecule has 7 nitrogen and oxygen atoms in total. The van der Waals surface area contributed by atoms with Gasteiger partial charge in [-0.1, -0.05) is 36.4 Å². The Labute approximate surface area is 202 Å². The lowest BCUT2D eigenvalue weighted by atomic mass is 10.1. The highest BCUT2D eigenvalue weighted by Crippen LogP contribution is 2.30. The van der Waals surface area contributed by atoms with Gasteiger partial charge in [0.05, 0.1) is 17.3 Å². The molecule has 1 fully saturated rings. The van der Waals surface area contributed by atoms with Crippen molar-refractivity contribution in [1.29, 1.82) is 0 Å². The van der Waals surface area contributed by atoms with Gasteiger partial charge in [-0.3, -0.25) is 14.4 Å². The third-order valence-electron chi connectivity index (χ3n) is 5.61. The highest BCUT2D eigenvalue weighted by atomic mass is 19.1. The van der Waals surface area contributed by atoms with Gasteiger partial charge < -0.3 is 20.7 Å². The average molecular weight is 476 g/mol. The Hall–Kier alpha value is -4.20. The number of ether oxygens (including phenoxy) is 1.